The summed E-state index contributed by atoms with van der Waals surface area (Å²) in [6.07, 6.45) is 8.19. The van der Waals surface area contributed by atoms with E-state index < -0.39 is 0 Å². The Bertz CT molecular complexity index is 1230. The predicted octanol–water partition coefficient (Wildman–Crippen LogP) is 6.55. The number of rotatable bonds is 2. The molecular weight excluding hydrogens is 382 g/mol. The molecule has 1 saturated heterocycles. The van der Waals surface area contributed by atoms with E-state index in [0.29, 0.717) is 6.61 Å². The molecule has 3 aromatic carbocycles. The third-order valence-electron chi connectivity index (χ3n) is 7.40. The van der Waals surface area contributed by atoms with Crippen LogP contribution < -0.4 is 14.4 Å². The van der Waals surface area contributed by atoms with Crippen LogP contribution in [0.15, 0.2) is 42.5 Å². The Hall–Kier alpha value is -2.94. The molecular formula is C28H29NO2. The molecule has 3 nitrogen and oxygen atoms in total. The summed E-state index contributed by atoms with van der Waals surface area (Å²) in [5.41, 5.74) is 7.87. The van der Waals surface area contributed by atoms with Gasteiger partial charge in [-0.1, -0.05) is 44.2 Å². The van der Waals surface area contributed by atoms with Gasteiger partial charge in [-0.3, -0.25) is 0 Å². The van der Waals surface area contributed by atoms with E-state index in [1.807, 2.05) is 0 Å². The average molecular weight is 412 g/mol. The fourth-order valence-corrected chi connectivity index (χ4v) is 5.96. The number of hydrogen-bond donors (Lipinski definition) is 0. The maximum Gasteiger partial charge on any atom is 0.142 e. The number of nitrogens with zero attached hydrogens (tertiary/aromatic N) is 1. The van der Waals surface area contributed by atoms with E-state index in [1.165, 1.54) is 58.2 Å². The highest BCUT2D eigenvalue weighted by atomic mass is 16.5. The minimum Gasteiger partial charge on any atom is -0.495 e. The number of anilines is 1. The van der Waals surface area contributed by atoms with Gasteiger partial charge in [0, 0.05) is 29.5 Å². The van der Waals surface area contributed by atoms with Gasteiger partial charge < -0.3 is 14.4 Å². The third-order valence-corrected chi connectivity index (χ3v) is 7.40. The minimum atomic E-state index is -0.0690. The highest BCUT2D eigenvalue weighted by molar-refractivity contribution is 6.10. The van der Waals surface area contributed by atoms with Crippen LogP contribution in [0, 0.1) is 0 Å². The summed E-state index contributed by atoms with van der Waals surface area (Å²) in [7, 11) is 1.79. The number of benzene rings is 3. The van der Waals surface area contributed by atoms with Gasteiger partial charge in [-0.15, -0.1) is 0 Å². The molecule has 1 aliphatic carbocycles. The molecule has 0 saturated carbocycles. The molecule has 2 heterocycles. The number of ether oxygens (including phenoxy) is 2. The molecule has 6 rings (SSSR count). The van der Waals surface area contributed by atoms with Gasteiger partial charge >= 0.3 is 0 Å². The lowest BCUT2D eigenvalue weighted by Crippen LogP contribution is -2.29. The SMILES string of the molecule is COc1cc2c3c(c4c(c2cc1N1CCCCC1)-c1ccccc1C4(C)C)C=CCO3. The van der Waals surface area contributed by atoms with Gasteiger partial charge in [0.2, 0.25) is 0 Å². The Kier molecular flexibility index (Phi) is 4.11. The van der Waals surface area contributed by atoms with Crippen molar-refractivity contribution in [1.29, 1.82) is 0 Å². The molecule has 0 N–H and O–H groups in total. The molecule has 31 heavy (non-hydrogen) atoms. The summed E-state index contributed by atoms with van der Waals surface area (Å²) in [5, 5.41) is 2.44. The monoisotopic (exact) mass is 411 g/mol. The van der Waals surface area contributed by atoms with Crippen molar-refractivity contribution in [1.82, 2.24) is 0 Å². The van der Waals surface area contributed by atoms with Crippen molar-refractivity contribution in [2.24, 2.45) is 0 Å². The van der Waals surface area contributed by atoms with Gasteiger partial charge in [-0.2, -0.15) is 0 Å². The molecule has 1 fully saturated rings. The Morgan fingerprint density at radius 1 is 1.00 bits per heavy atom. The van der Waals surface area contributed by atoms with Crippen LogP contribution in [0.5, 0.6) is 11.5 Å². The topological polar surface area (TPSA) is 21.7 Å². The van der Waals surface area contributed by atoms with Crippen molar-refractivity contribution >= 4 is 22.5 Å². The summed E-state index contributed by atoms with van der Waals surface area (Å²) in [6, 6.07) is 13.5. The van der Waals surface area contributed by atoms with Crippen LogP contribution in [-0.2, 0) is 5.41 Å². The van der Waals surface area contributed by atoms with E-state index in [0.717, 1.165) is 30.0 Å². The molecule has 0 bridgehead atoms. The largest absolute Gasteiger partial charge is 0.495 e. The summed E-state index contributed by atoms with van der Waals surface area (Å²) < 4.78 is 12.2. The van der Waals surface area contributed by atoms with Gasteiger partial charge in [-0.25, -0.2) is 0 Å². The Morgan fingerprint density at radius 2 is 1.81 bits per heavy atom. The molecule has 0 radical (unpaired) electrons. The first kappa shape index (κ1) is 18.8. The van der Waals surface area contributed by atoms with Crippen LogP contribution in [-0.4, -0.2) is 26.8 Å². The number of methoxy groups -OCH3 is 1. The van der Waals surface area contributed by atoms with E-state index in [4.69, 9.17) is 9.47 Å². The van der Waals surface area contributed by atoms with Gasteiger partial charge in [0.15, 0.2) is 0 Å². The first-order chi connectivity index (χ1) is 15.1. The second-order valence-electron chi connectivity index (χ2n) is 9.49. The molecule has 0 atom stereocenters. The summed E-state index contributed by atoms with van der Waals surface area (Å²) in [6.45, 7) is 7.50. The quantitative estimate of drug-likeness (QED) is 0.477. The number of hydrogen-bond acceptors (Lipinski definition) is 3. The molecule has 3 aromatic rings. The molecule has 0 amide bonds. The highest BCUT2D eigenvalue weighted by Gasteiger charge is 2.40. The summed E-state index contributed by atoms with van der Waals surface area (Å²) in [5.74, 6) is 1.95. The van der Waals surface area contributed by atoms with Crippen LogP contribution in [0.2, 0.25) is 0 Å². The van der Waals surface area contributed by atoms with Crippen LogP contribution in [0.3, 0.4) is 0 Å². The zero-order chi connectivity index (χ0) is 21.2. The molecule has 0 aromatic heterocycles. The first-order valence-electron chi connectivity index (χ1n) is 11.5. The molecule has 0 unspecified atom stereocenters. The predicted molar refractivity (Wildman–Crippen MR) is 129 cm³/mol. The maximum atomic E-state index is 6.28. The average Bonchev–Trinajstić information content (AvgIpc) is 3.06. The van der Waals surface area contributed by atoms with Gasteiger partial charge in [-0.05, 0) is 65.1 Å². The molecule has 2 aliphatic heterocycles. The normalized spacial score (nSPS) is 18.4. The van der Waals surface area contributed by atoms with Gasteiger partial charge in [0.05, 0.1) is 12.8 Å². The van der Waals surface area contributed by atoms with Crippen molar-refractivity contribution in [3.8, 4) is 22.6 Å². The van der Waals surface area contributed by atoms with Crippen molar-refractivity contribution in [3.63, 3.8) is 0 Å². The fraction of sp³-hybridized carbons (Fsp3) is 0.357. The van der Waals surface area contributed by atoms with Crippen molar-refractivity contribution in [2.45, 2.75) is 38.5 Å². The lowest BCUT2D eigenvalue weighted by molar-refractivity contribution is 0.361. The molecule has 3 aliphatic rings. The summed E-state index contributed by atoms with van der Waals surface area (Å²) >= 11 is 0. The lowest BCUT2D eigenvalue weighted by Gasteiger charge is -2.31. The minimum absolute atomic E-state index is 0.0690. The van der Waals surface area contributed by atoms with Crippen LogP contribution >= 0.6 is 0 Å². The van der Waals surface area contributed by atoms with Crippen molar-refractivity contribution < 1.29 is 9.47 Å². The Balaban J connectivity index is 1.74. The van der Waals surface area contributed by atoms with E-state index in [1.54, 1.807) is 7.11 Å². The van der Waals surface area contributed by atoms with E-state index in [-0.39, 0.29) is 5.41 Å². The van der Waals surface area contributed by atoms with Crippen LogP contribution in [0.4, 0.5) is 5.69 Å². The second-order valence-corrected chi connectivity index (χ2v) is 9.49. The number of piperidine rings is 1. The maximum absolute atomic E-state index is 6.28. The number of fused-ring (bicyclic) bond motifs is 8. The van der Waals surface area contributed by atoms with E-state index in [9.17, 15) is 0 Å². The molecule has 0 spiro atoms. The lowest BCUT2D eigenvalue weighted by atomic mass is 9.78. The molecule has 158 valence electrons. The van der Waals surface area contributed by atoms with Crippen LogP contribution in [0.1, 0.15) is 49.8 Å². The molecule has 3 heteroatoms. The van der Waals surface area contributed by atoms with Gasteiger partial charge in [0.25, 0.3) is 0 Å². The zero-order valence-corrected chi connectivity index (χ0v) is 18.6. The highest BCUT2D eigenvalue weighted by Crippen LogP contribution is 2.57. The first-order valence-corrected chi connectivity index (χ1v) is 11.5. The van der Waals surface area contributed by atoms with E-state index in [2.05, 4.69) is 67.3 Å². The van der Waals surface area contributed by atoms with Gasteiger partial charge in [0.1, 0.15) is 18.1 Å². The zero-order valence-electron chi connectivity index (χ0n) is 18.6. The standard InChI is InChI=1S/C28H29NO2/c1-28(2)22-12-6-5-10-18(22)25-20-16-23(29-13-7-4-8-14-29)24(30-3)17-21(20)27-19(26(25)28)11-9-15-31-27/h5-6,9-12,16-17H,4,7-8,13-15H2,1-3H3. The second kappa shape index (κ2) is 6.78. The van der Waals surface area contributed by atoms with Crippen molar-refractivity contribution in [2.75, 3.05) is 31.7 Å². The van der Waals surface area contributed by atoms with E-state index >= 15 is 0 Å². The Labute approximate surface area is 184 Å². The Morgan fingerprint density at radius 3 is 2.61 bits per heavy atom. The summed E-state index contributed by atoms with van der Waals surface area (Å²) in [4.78, 5) is 2.50. The smallest absolute Gasteiger partial charge is 0.142 e. The fourth-order valence-electron chi connectivity index (χ4n) is 5.96. The van der Waals surface area contributed by atoms with Crippen LogP contribution in [0.25, 0.3) is 28.0 Å². The third kappa shape index (κ3) is 2.59. The van der Waals surface area contributed by atoms with Crippen molar-refractivity contribution in [3.05, 3.63) is 59.2 Å².